The highest BCUT2D eigenvalue weighted by Crippen LogP contribution is 2.27. The molecule has 0 unspecified atom stereocenters. The summed E-state index contributed by atoms with van der Waals surface area (Å²) in [6, 6.07) is 6.59. The summed E-state index contributed by atoms with van der Waals surface area (Å²) < 4.78 is 0. The van der Waals surface area contributed by atoms with Gasteiger partial charge in [-0.15, -0.1) is 0 Å². The zero-order valence-corrected chi connectivity index (χ0v) is 8.29. The van der Waals surface area contributed by atoms with E-state index in [0.717, 1.165) is 16.9 Å². The third kappa shape index (κ3) is 1.74. The number of hydrogen-bond acceptors (Lipinski definition) is 2. The van der Waals surface area contributed by atoms with Crippen LogP contribution in [0.25, 0.3) is 6.08 Å². The van der Waals surface area contributed by atoms with Crippen molar-refractivity contribution in [3.63, 3.8) is 0 Å². The summed E-state index contributed by atoms with van der Waals surface area (Å²) in [4.78, 5) is 0. The number of hydrogen-bond donors (Lipinski definition) is 2. The first-order chi connectivity index (χ1) is 6.79. The van der Waals surface area contributed by atoms with E-state index in [1.165, 1.54) is 19.3 Å². The first-order valence-electron chi connectivity index (χ1n) is 5.08. The van der Waals surface area contributed by atoms with E-state index >= 15 is 0 Å². The molecule has 0 atom stereocenters. The molecule has 1 aromatic rings. The fraction of sp³-hybridized carbons (Fsp3) is 0.333. The molecule has 14 heavy (non-hydrogen) atoms. The summed E-state index contributed by atoms with van der Waals surface area (Å²) in [5.41, 5.74) is 8.86. The lowest BCUT2D eigenvalue weighted by molar-refractivity contribution is 0.446. The van der Waals surface area contributed by atoms with Gasteiger partial charge in [-0.25, -0.2) is 0 Å². The van der Waals surface area contributed by atoms with Crippen LogP contribution < -0.4 is 11.1 Å². The van der Waals surface area contributed by atoms with Gasteiger partial charge in [0.05, 0.1) is 11.4 Å². The molecule has 3 N–H and O–H groups in total. The first kappa shape index (κ1) is 9.13. The molecule has 2 nitrogen and oxygen atoms in total. The van der Waals surface area contributed by atoms with Crippen LogP contribution >= 0.6 is 0 Å². The summed E-state index contributed by atoms with van der Waals surface area (Å²) in [6.07, 6.45) is 5.69. The zero-order chi connectivity index (χ0) is 9.97. The molecule has 1 aromatic carbocycles. The van der Waals surface area contributed by atoms with Gasteiger partial charge < -0.3 is 11.1 Å². The molecular formula is C12H16N2. The van der Waals surface area contributed by atoms with Crippen LogP contribution in [0.15, 0.2) is 24.8 Å². The molecule has 1 fully saturated rings. The molecule has 1 aliphatic carbocycles. The summed E-state index contributed by atoms with van der Waals surface area (Å²) >= 11 is 0. The monoisotopic (exact) mass is 188 g/mol. The summed E-state index contributed by atoms with van der Waals surface area (Å²) in [5.74, 6) is 0. The van der Waals surface area contributed by atoms with E-state index in [2.05, 4.69) is 18.0 Å². The summed E-state index contributed by atoms with van der Waals surface area (Å²) in [7, 11) is 0. The van der Waals surface area contributed by atoms with Crippen molar-refractivity contribution < 1.29 is 0 Å². The third-order valence-electron chi connectivity index (χ3n) is 2.78. The minimum atomic E-state index is 0.623. The van der Waals surface area contributed by atoms with E-state index in [4.69, 9.17) is 5.73 Å². The van der Waals surface area contributed by atoms with Gasteiger partial charge in [-0.05, 0) is 37.0 Å². The summed E-state index contributed by atoms with van der Waals surface area (Å²) in [6.45, 7) is 3.75. The second-order valence-corrected chi connectivity index (χ2v) is 3.82. The number of nitrogen functional groups attached to an aromatic ring is 1. The third-order valence-corrected chi connectivity index (χ3v) is 2.78. The minimum Gasteiger partial charge on any atom is -0.397 e. The van der Waals surface area contributed by atoms with Crippen LogP contribution in [-0.2, 0) is 0 Å². The van der Waals surface area contributed by atoms with Crippen LogP contribution in [0.4, 0.5) is 11.4 Å². The van der Waals surface area contributed by atoms with Gasteiger partial charge in [-0.3, -0.25) is 0 Å². The molecule has 0 aliphatic heterocycles. The van der Waals surface area contributed by atoms with E-state index < -0.39 is 0 Å². The van der Waals surface area contributed by atoms with Crippen LogP contribution in [0.3, 0.4) is 0 Å². The van der Waals surface area contributed by atoms with Gasteiger partial charge in [0.1, 0.15) is 0 Å². The van der Waals surface area contributed by atoms with Crippen molar-refractivity contribution in [2.75, 3.05) is 11.1 Å². The number of anilines is 2. The average molecular weight is 188 g/mol. The van der Waals surface area contributed by atoms with Gasteiger partial charge in [0, 0.05) is 6.04 Å². The lowest BCUT2D eigenvalue weighted by atomic mass is 9.93. The first-order valence-corrected chi connectivity index (χ1v) is 5.08. The topological polar surface area (TPSA) is 38.0 Å². The highest BCUT2D eigenvalue weighted by molar-refractivity contribution is 5.70. The number of rotatable bonds is 3. The van der Waals surface area contributed by atoms with Crippen molar-refractivity contribution in [2.45, 2.75) is 25.3 Å². The van der Waals surface area contributed by atoms with Crippen molar-refractivity contribution in [1.29, 1.82) is 0 Å². The second kappa shape index (κ2) is 3.74. The Balaban J connectivity index is 2.16. The molecule has 2 rings (SSSR count). The largest absolute Gasteiger partial charge is 0.397 e. The van der Waals surface area contributed by atoms with Crippen LogP contribution in [0.1, 0.15) is 24.8 Å². The van der Waals surface area contributed by atoms with Crippen LogP contribution in [0, 0.1) is 0 Å². The summed E-state index contributed by atoms with van der Waals surface area (Å²) in [5, 5.41) is 3.45. The molecule has 0 spiro atoms. The Labute approximate surface area is 84.8 Å². The molecule has 0 saturated heterocycles. The van der Waals surface area contributed by atoms with Gasteiger partial charge in [0.15, 0.2) is 0 Å². The number of nitrogens with two attached hydrogens (primary N) is 1. The van der Waals surface area contributed by atoms with Gasteiger partial charge in [0.2, 0.25) is 0 Å². The Bertz CT molecular complexity index is 340. The Kier molecular flexibility index (Phi) is 2.44. The maximum Gasteiger partial charge on any atom is 0.0582 e. The van der Waals surface area contributed by atoms with E-state index in [9.17, 15) is 0 Å². The van der Waals surface area contributed by atoms with Crippen molar-refractivity contribution in [1.82, 2.24) is 0 Å². The molecule has 0 aromatic heterocycles. The fourth-order valence-electron chi connectivity index (χ4n) is 1.60. The van der Waals surface area contributed by atoms with E-state index in [0.29, 0.717) is 6.04 Å². The van der Waals surface area contributed by atoms with Crippen molar-refractivity contribution in [2.24, 2.45) is 0 Å². The van der Waals surface area contributed by atoms with Gasteiger partial charge in [-0.1, -0.05) is 18.7 Å². The number of nitrogens with one attached hydrogen (secondary N) is 1. The molecular weight excluding hydrogens is 172 g/mol. The molecule has 0 bridgehead atoms. The lowest BCUT2D eigenvalue weighted by Crippen LogP contribution is -2.27. The highest BCUT2D eigenvalue weighted by Gasteiger charge is 2.17. The van der Waals surface area contributed by atoms with Gasteiger partial charge in [0.25, 0.3) is 0 Å². The molecule has 2 heteroatoms. The Morgan fingerprint density at radius 2 is 2.21 bits per heavy atom. The van der Waals surface area contributed by atoms with Gasteiger partial charge >= 0.3 is 0 Å². The Morgan fingerprint density at radius 1 is 1.43 bits per heavy atom. The molecule has 0 radical (unpaired) electrons. The molecule has 1 saturated carbocycles. The smallest absolute Gasteiger partial charge is 0.0582 e. The molecule has 0 heterocycles. The quantitative estimate of drug-likeness (QED) is 0.716. The van der Waals surface area contributed by atoms with E-state index in [1.54, 1.807) is 0 Å². The average Bonchev–Trinajstić information content (AvgIpc) is 2.14. The Morgan fingerprint density at radius 3 is 2.79 bits per heavy atom. The van der Waals surface area contributed by atoms with Crippen LogP contribution in [-0.4, -0.2) is 6.04 Å². The lowest BCUT2D eigenvalue weighted by Gasteiger charge is -2.28. The van der Waals surface area contributed by atoms with Crippen molar-refractivity contribution >= 4 is 17.5 Å². The highest BCUT2D eigenvalue weighted by atomic mass is 14.9. The number of benzene rings is 1. The molecule has 0 amide bonds. The standard InChI is InChI=1S/C12H16N2/c1-2-9-6-7-11(13)12(8-9)14-10-4-3-5-10/h2,6-8,10,14H,1,3-5,13H2. The molecule has 74 valence electrons. The van der Waals surface area contributed by atoms with Crippen molar-refractivity contribution in [3.05, 3.63) is 30.3 Å². The minimum absolute atomic E-state index is 0.623. The Hall–Kier alpha value is -1.44. The predicted octanol–water partition coefficient (Wildman–Crippen LogP) is 2.88. The SMILES string of the molecule is C=Cc1ccc(N)c(NC2CCC2)c1. The zero-order valence-electron chi connectivity index (χ0n) is 8.29. The maximum absolute atomic E-state index is 5.87. The molecule has 1 aliphatic rings. The van der Waals surface area contributed by atoms with Crippen molar-refractivity contribution in [3.8, 4) is 0 Å². The predicted molar refractivity (Wildman–Crippen MR) is 62.2 cm³/mol. The normalized spacial score (nSPS) is 16.0. The maximum atomic E-state index is 5.87. The van der Waals surface area contributed by atoms with Crippen LogP contribution in [0.5, 0.6) is 0 Å². The van der Waals surface area contributed by atoms with Crippen LogP contribution in [0.2, 0.25) is 0 Å². The van der Waals surface area contributed by atoms with E-state index in [1.807, 2.05) is 18.2 Å². The van der Waals surface area contributed by atoms with Gasteiger partial charge in [-0.2, -0.15) is 0 Å². The second-order valence-electron chi connectivity index (χ2n) is 3.82. The fourth-order valence-corrected chi connectivity index (χ4v) is 1.60. The van der Waals surface area contributed by atoms with E-state index in [-0.39, 0.29) is 0 Å².